The Morgan fingerprint density at radius 2 is 2.20 bits per heavy atom. The van der Waals surface area contributed by atoms with E-state index in [0.717, 1.165) is 34.0 Å². The monoisotopic (exact) mass is 371 g/mol. The molecule has 0 bridgehead atoms. The van der Waals surface area contributed by atoms with Crippen molar-refractivity contribution in [2.75, 3.05) is 11.9 Å². The summed E-state index contributed by atoms with van der Waals surface area (Å²) in [7, 11) is 0. The Morgan fingerprint density at radius 3 is 2.95 bits per heavy atom. The zero-order valence-corrected chi connectivity index (χ0v) is 14.2. The highest BCUT2D eigenvalue weighted by molar-refractivity contribution is 9.10. The number of pyridine rings is 2. The third-order valence-corrected chi connectivity index (χ3v) is 4.81. The van der Waals surface area contributed by atoms with E-state index in [2.05, 4.69) is 38.1 Å². The van der Waals surface area contributed by atoms with Gasteiger partial charge in [0.1, 0.15) is 10.8 Å². The Balaban J connectivity index is 2.07. The summed E-state index contributed by atoms with van der Waals surface area (Å²) in [5.74, 6) is 1.56. The van der Waals surface area contributed by atoms with Crippen LogP contribution >= 0.6 is 39.3 Å². The molecule has 0 atom stereocenters. The van der Waals surface area contributed by atoms with E-state index < -0.39 is 0 Å². The lowest BCUT2D eigenvalue weighted by Gasteiger charge is -2.08. The van der Waals surface area contributed by atoms with Crippen molar-refractivity contribution in [3.8, 4) is 0 Å². The number of rotatable bonds is 6. The van der Waals surface area contributed by atoms with Gasteiger partial charge in [0.25, 0.3) is 0 Å². The molecule has 0 saturated heterocycles. The minimum Gasteiger partial charge on any atom is -0.370 e. The van der Waals surface area contributed by atoms with Gasteiger partial charge in [-0.05, 0) is 46.6 Å². The molecule has 0 aliphatic heterocycles. The van der Waals surface area contributed by atoms with Gasteiger partial charge >= 0.3 is 0 Å². The van der Waals surface area contributed by atoms with E-state index in [1.165, 1.54) is 0 Å². The first-order valence-electron chi connectivity index (χ1n) is 6.33. The van der Waals surface area contributed by atoms with Gasteiger partial charge in [-0.1, -0.05) is 30.3 Å². The second-order valence-corrected chi connectivity index (χ2v) is 6.36. The van der Waals surface area contributed by atoms with Crippen molar-refractivity contribution in [3.05, 3.63) is 45.7 Å². The SMILES string of the molecule is CCCNc1ccc(Cl)c(CSc2ncccc2Br)n1. The Hall–Kier alpha value is -0.780. The molecule has 0 spiro atoms. The van der Waals surface area contributed by atoms with Crippen molar-refractivity contribution < 1.29 is 0 Å². The number of hydrogen-bond acceptors (Lipinski definition) is 4. The maximum atomic E-state index is 6.20. The molecular formula is C14H15BrClN3S. The number of anilines is 1. The van der Waals surface area contributed by atoms with Crippen LogP contribution in [0.15, 0.2) is 40.0 Å². The summed E-state index contributed by atoms with van der Waals surface area (Å²) in [5.41, 5.74) is 0.871. The molecule has 0 radical (unpaired) electrons. The van der Waals surface area contributed by atoms with Gasteiger partial charge in [0.15, 0.2) is 0 Å². The normalized spacial score (nSPS) is 10.6. The molecule has 2 rings (SSSR count). The van der Waals surface area contributed by atoms with Crippen molar-refractivity contribution >= 4 is 45.1 Å². The quantitative estimate of drug-likeness (QED) is 0.724. The fourth-order valence-corrected chi connectivity index (χ4v) is 3.24. The highest BCUT2D eigenvalue weighted by Crippen LogP contribution is 2.29. The summed E-state index contributed by atoms with van der Waals surface area (Å²) in [4.78, 5) is 8.87. The molecule has 106 valence electrons. The second-order valence-electron chi connectivity index (χ2n) is 4.13. The van der Waals surface area contributed by atoms with Crippen LogP contribution in [0.25, 0.3) is 0 Å². The van der Waals surface area contributed by atoms with Crippen molar-refractivity contribution in [3.63, 3.8) is 0 Å². The van der Waals surface area contributed by atoms with E-state index in [1.54, 1.807) is 18.0 Å². The first-order valence-corrected chi connectivity index (χ1v) is 8.49. The van der Waals surface area contributed by atoms with Crippen molar-refractivity contribution in [2.45, 2.75) is 24.1 Å². The lowest BCUT2D eigenvalue weighted by molar-refractivity contribution is 0.965. The van der Waals surface area contributed by atoms with Crippen LogP contribution in [-0.4, -0.2) is 16.5 Å². The fraction of sp³-hybridized carbons (Fsp3) is 0.286. The third kappa shape index (κ3) is 4.36. The van der Waals surface area contributed by atoms with Crippen LogP contribution < -0.4 is 5.32 Å². The first kappa shape index (κ1) is 15.6. The fourth-order valence-electron chi connectivity index (χ4n) is 1.55. The van der Waals surface area contributed by atoms with Crippen LogP contribution in [0.4, 0.5) is 5.82 Å². The molecule has 6 heteroatoms. The highest BCUT2D eigenvalue weighted by Gasteiger charge is 2.07. The second kappa shape index (κ2) is 7.86. The van der Waals surface area contributed by atoms with Crippen LogP contribution in [0.1, 0.15) is 19.0 Å². The molecule has 2 aromatic rings. The van der Waals surface area contributed by atoms with Crippen molar-refractivity contribution in [1.82, 2.24) is 9.97 Å². The molecule has 2 aromatic heterocycles. The predicted molar refractivity (Wildman–Crippen MR) is 89.5 cm³/mol. The van der Waals surface area contributed by atoms with Gasteiger partial charge in [0.05, 0.1) is 10.7 Å². The van der Waals surface area contributed by atoms with Crippen LogP contribution in [0.2, 0.25) is 5.02 Å². The molecule has 3 nitrogen and oxygen atoms in total. The molecule has 0 aliphatic rings. The lowest BCUT2D eigenvalue weighted by atomic mass is 10.3. The Morgan fingerprint density at radius 1 is 1.35 bits per heavy atom. The summed E-state index contributed by atoms with van der Waals surface area (Å²) in [6, 6.07) is 7.66. The van der Waals surface area contributed by atoms with Crippen LogP contribution in [-0.2, 0) is 5.75 Å². The minimum absolute atomic E-state index is 0.687. The van der Waals surface area contributed by atoms with Gasteiger partial charge in [-0.3, -0.25) is 0 Å². The molecule has 0 fully saturated rings. The van der Waals surface area contributed by atoms with Gasteiger partial charge in [-0.25, -0.2) is 9.97 Å². The maximum Gasteiger partial charge on any atom is 0.126 e. The van der Waals surface area contributed by atoms with Gasteiger partial charge in [0.2, 0.25) is 0 Å². The van der Waals surface area contributed by atoms with E-state index >= 15 is 0 Å². The van der Waals surface area contributed by atoms with E-state index in [-0.39, 0.29) is 0 Å². The number of thioether (sulfide) groups is 1. The molecule has 0 saturated carbocycles. The molecule has 0 unspecified atom stereocenters. The number of nitrogens with one attached hydrogen (secondary N) is 1. The van der Waals surface area contributed by atoms with Crippen LogP contribution in [0, 0.1) is 0 Å². The predicted octanol–water partition coefficient (Wildman–Crippen LogP) is 5.01. The number of halogens is 2. The van der Waals surface area contributed by atoms with E-state index in [1.807, 2.05) is 24.3 Å². The van der Waals surface area contributed by atoms with Gasteiger partial charge in [0, 0.05) is 23.0 Å². The van der Waals surface area contributed by atoms with Crippen molar-refractivity contribution in [1.29, 1.82) is 0 Å². The van der Waals surface area contributed by atoms with E-state index in [9.17, 15) is 0 Å². The summed E-state index contributed by atoms with van der Waals surface area (Å²) in [6.45, 7) is 3.03. The minimum atomic E-state index is 0.687. The maximum absolute atomic E-state index is 6.20. The van der Waals surface area contributed by atoms with Crippen molar-refractivity contribution in [2.24, 2.45) is 0 Å². The standard InChI is InChI=1S/C14H15BrClN3S/c1-2-7-17-13-6-5-11(16)12(19-13)9-20-14-10(15)4-3-8-18-14/h3-6,8H,2,7,9H2,1H3,(H,17,19). The highest BCUT2D eigenvalue weighted by atomic mass is 79.9. The average molecular weight is 373 g/mol. The summed E-state index contributed by atoms with van der Waals surface area (Å²) >= 11 is 11.3. The topological polar surface area (TPSA) is 37.8 Å². The smallest absolute Gasteiger partial charge is 0.126 e. The van der Waals surface area contributed by atoms with Crippen LogP contribution in [0.5, 0.6) is 0 Å². The Labute approximate surface area is 136 Å². The Kier molecular flexibility index (Phi) is 6.13. The van der Waals surface area contributed by atoms with Gasteiger partial charge in [-0.15, -0.1) is 0 Å². The molecular weight excluding hydrogens is 358 g/mol. The van der Waals surface area contributed by atoms with Gasteiger partial charge < -0.3 is 5.32 Å². The first-order chi connectivity index (χ1) is 9.70. The lowest BCUT2D eigenvalue weighted by Crippen LogP contribution is -2.03. The third-order valence-electron chi connectivity index (χ3n) is 2.55. The molecule has 0 aliphatic carbocycles. The average Bonchev–Trinajstić information content (AvgIpc) is 2.46. The molecule has 0 amide bonds. The molecule has 0 aromatic carbocycles. The molecule has 2 heterocycles. The summed E-state index contributed by atoms with van der Waals surface area (Å²) in [6.07, 6.45) is 2.84. The molecule has 20 heavy (non-hydrogen) atoms. The number of aromatic nitrogens is 2. The summed E-state index contributed by atoms with van der Waals surface area (Å²) in [5, 5.41) is 4.90. The number of nitrogens with zero attached hydrogens (tertiary/aromatic N) is 2. The van der Waals surface area contributed by atoms with Crippen LogP contribution in [0.3, 0.4) is 0 Å². The Bertz CT molecular complexity index is 580. The summed E-state index contributed by atoms with van der Waals surface area (Å²) < 4.78 is 0.987. The molecule has 1 N–H and O–H groups in total. The largest absolute Gasteiger partial charge is 0.370 e. The van der Waals surface area contributed by atoms with Gasteiger partial charge in [-0.2, -0.15) is 0 Å². The van der Waals surface area contributed by atoms with E-state index in [0.29, 0.717) is 10.8 Å². The number of hydrogen-bond donors (Lipinski definition) is 1. The van der Waals surface area contributed by atoms with E-state index in [4.69, 9.17) is 11.6 Å². The zero-order valence-electron chi connectivity index (χ0n) is 11.1. The zero-order chi connectivity index (χ0) is 14.4.